The molecule has 2 aliphatic rings. The monoisotopic (exact) mass is 210 g/mol. The number of nitrogens with zero attached hydrogens (tertiary/aromatic N) is 1. The van der Waals surface area contributed by atoms with Crippen molar-refractivity contribution in [1.82, 2.24) is 10.2 Å². The van der Waals surface area contributed by atoms with E-state index in [2.05, 4.69) is 17.1 Å². The molecule has 1 amide bonds. The summed E-state index contributed by atoms with van der Waals surface area (Å²) < 4.78 is 0. The molecule has 2 saturated heterocycles. The molecule has 0 spiro atoms. The molecule has 86 valence electrons. The number of rotatable bonds is 2. The number of hydrogen-bond donors (Lipinski definition) is 1. The van der Waals surface area contributed by atoms with E-state index in [1.54, 1.807) is 0 Å². The Morgan fingerprint density at radius 1 is 1.33 bits per heavy atom. The molecule has 1 N–H and O–H groups in total. The number of carbonyl (C=O) groups excluding carboxylic acids is 1. The van der Waals surface area contributed by atoms with Crippen molar-refractivity contribution >= 4 is 5.91 Å². The van der Waals surface area contributed by atoms with Crippen LogP contribution >= 0.6 is 0 Å². The SMILES string of the molecule is CC1CCN(C(=O)CC2CCNCC2)C1. The van der Waals surface area contributed by atoms with Gasteiger partial charge in [0.25, 0.3) is 0 Å². The number of piperidine rings is 1. The Morgan fingerprint density at radius 3 is 2.67 bits per heavy atom. The molecular formula is C12H22N2O. The smallest absolute Gasteiger partial charge is 0.222 e. The minimum atomic E-state index is 0.395. The molecule has 3 nitrogen and oxygen atoms in total. The van der Waals surface area contributed by atoms with Crippen LogP contribution in [0.2, 0.25) is 0 Å². The Kier molecular flexibility index (Phi) is 3.62. The minimum Gasteiger partial charge on any atom is -0.342 e. The molecule has 0 bridgehead atoms. The maximum atomic E-state index is 12.0. The van der Waals surface area contributed by atoms with Crippen LogP contribution in [0, 0.1) is 11.8 Å². The first-order chi connectivity index (χ1) is 7.25. The summed E-state index contributed by atoms with van der Waals surface area (Å²) >= 11 is 0. The van der Waals surface area contributed by atoms with Crippen molar-refractivity contribution in [2.75, 3.05) is 26.2 Å². The second-order valence-corrected chi connectivity index (χ2v) is 5.13. The fourth-order valence-electron chi connectivity index (χ4n) is 2.62. The van der Waals surface area contributed by atoms with Gasteiger partial charge in [-0.25, -0.2) is 0 Å². The molecule has 2 rings (SSSR count). The largest absolute Gasteiger partial charge is 0.342 e. The molecule has 2 aliphatic heterocycles. The van der Waals surface area contributed by atoms with Gasteiger partial charge in [0.05, 0.1) is 0 Å². The van der Waals surface area contributed by atoms with Crippen molar-refractivity contribution in [1.29, 1.82) is 0 Å². The van der Waals surface area contributed by atoms with E-state index in [4.69, 9.17) is 0 Å². The van der Waals surface area contributed by atoms with E-state index < -0.39 is 0 Å². The van der Waals surface area contributed by atoms with Gasteiger partial charge in [-0.15, -0.1) is 0 Å². The van der Waals surface area contributed by atoms with Crippen molar-refractivity contribution in [3.8, 4) is 0 Å². The molecule has 3 heteroatoms. The van der Waals surface area contributed by atoms with Crippen LogP contribution in [0.3, 0.4) is 0 Å². The molecule has 0 saturated carbocycles. The Hall–Kier alpha value is -0.570. The van der Waals surface area contributed by atoms with Gasteiger partial charge >= 0.3 is 0 Å². The molecular weight excluding hydrogens is 188 g/mol. The zero-order chi connectivity index (χ0) is 10.7. The van der Waals surface area contributed by atoms with Crippen LogP contribution in [-0.4, -0.2) is 37.0 Å². The number of hydrogen-bond acceptors (Lipinski definition) is 2. The van der Waals surface area contributed by atoms with Gasteiger partial charge in [-0.05, 0) is 44.2 Å². The molecule has 15 heavy (non-hydrogen) atoms. The van der Waals surface area contributed by atoms with Crippen molar-refractivity contribution in [3.63, 3.8) is 0 Å². The number of likely N-dealkylation sites (tertiary alicyclic amines) is 1. The highest BCUT2D eigenvalue weighted by atomic mass is 16.2. The lowest BCUT2D eigenvalue weighted by molar-refractivity contribution is -0.131. The standard InChI is InChI=1S/C12H22N2O/c1-10-4-7-14(9-10)12(15)8-11-2-5-13-6-3-11/h10-11,13H,2-9H2,1H3. The van der Waals surface area contributed by atoms with E-state index in [1.807, 2.05) is 0 Å². The van der Waals surface area contributed by atoms with Crippen molar-refractivity contribution in [2.24, 2.45) is 11.8 Å². The summed E-state index contributed by atoms with van der Waals surface area (Å²) in [4.78, 5) is 14.0. The minimum absolute atomic E-state index is 0.395. The highest BCUT2D eigenvalue weighted by Gasteiger charge is 2.25. The number of nitrogens with one attached hydrogen (secondary N) is 1. The van der Waals surface area contributed by atoms with E-state index in [9.17, 15) is 4.79 Å². The van der Waals surface area contributed by atoms with Crippen LogP contribution in [0.4, 0.5) is 0 Å². The van der Waals surface area contributed by atoms with Gasteiger partial charge in [-0.3, -0.25) is 4.79 Å². The molecule has 0 aromatic heterocycles. The van der Waals surface area contributed by atoms with Crippen molar-refractivity contribution in [2.45, 2.75) is 32.6 Å². The van der Waals surface area contributed by atoms with E-state index >= 15 is 0 Å². The lowest BCUT2D eigenvalue weighted by Gasteiger charge is -2.24. The molecule has 0 aliphatic carbocycles. The molecule has 0 aromatic rings. The molecule has 0 radical (unpaired) electrons. The second-order valence-electron chi connectivity index (χ2n) is 5.13. The average Bonchev–Trinajstić information content (AvgIpc) is 2.66. The Morgan fingerprint density at radius 2 is 2.07 bits per heavy atom. The fourth-order valence-corrected chi connectivity index (χ4v) is 2.62. The highest BCUT2D eigenvalue weighted by molar-refractivity contribution is 5.76. The summed E-state index contributed by atoms with van der Waals surface area (Å²) in [5.74, 6) is 1.74. The van der Waals surface area contributed by atoms with Gasteiger partial charge in [-0.1, -0.05) is 6.92 Å². The van der Waals surface area contributed by atoms with Crippen LogP contribution in [0.15, 0.2) is 0 Å². The summed E-state index contributed by atoms with van der Waals surface area (Å²) in [7, 11) is 0. The van der Waals surface area contributed by atoms with Gasteiger partial charge in [0.1, 0.15) is 0 Å². The van der Waals surface area contributed by atoms with Crippen LogP contribution in [0.1, 0.15) is 32.6 Å². The normalized spacial score (nSPS) is 28.3. The van der Waals surface area contributed by atoms with E-state index in [1.165, 1.54) is 19.3 Å². The van der Waals surface area contributed by atoms with Gasteiger partial charge in [-0.2, -0.15) is 0 Å². The molecule has 2 heterocycles. The number of carbonyl (C=O) groups is 1. The highest BCUT2D eigenvalue weighted by Crippen LogP contribution is 2.21. The number of amides is 1. The summed E-state index contributed by atoms with van der Waals surface area (Å²) in [6, 6.07) is 0. The van der Waals surface area contributed by atoms with E-state index in [0.29, 0.717) is 17.7 Å². The molecule has 1 atom stereocenters. The van der Waals surface area contributed by atoms with Crippen LogP contribution < -0.4 is 5.32 Å². The molecule has 1 unspecified atom stereocenters. The lowest BCUT2D eigenvalue weighted by atomic mass is 9.94. The van der Waals surface area contributed by atoms with Gasteiger partial charge < -0.3 is 10.2 Å². The van der Waals surface area contributed by atoms with E-state index in [-0.39, 0.29) is 0 Å². The van der Waals surface area contributed by atoms with Gasteiger partial charge in [0.15, 0.2) is 0 Å². The Bertz CT molecular complexity index is 224. The zero-order valence-corrected chi connectivity index (χ0v) is 9.67. The van der Waals surface area contributed by atoms with Crippen LogP contribution in [-0.2, 0) is 4.79 Å². The molecule has 2 fully saturated rings. The first kappa shape index (κ1) is 10.9. The van der Waals surface area contributed by atoms with Gasteiger partial charge in [0.2, 0.25) is 5.91 Å². The summed E-state index contributed by atoms with van der Waals surface area (Å²) in [6.45, 7) is 6.40. The van der Waals surface area contributed by atoms with E-state index in [0.717, 1.165) is 32.6 Å². The molecule has 0 aromatic carbocycles. The lowest BCUT2D eigenvalue weighted by Crippen LogP contribution is -2.34. The third-order valence-electron chi connectivity index (χ3n) is 3.70. The zero-order valence-electron chi connectivity index (χ0n) is 9.67. The Labute approximate surface area is 92.2 Å². The van der Waals surface area contributed by atoms with Crippen LogP contribution in [0.25, 0.3) is 0 Å². The van der Waals surface area contributed by atoms with Crippen molar-refractivity contribution in [3.05, 3.63) is 0 Å². The maximum Gasteiger partial charge on any atom is 0.222 e. The summed E-state index contributed by atoms with van der Waals surface area (Å²) in [5.41, 5.74) is 0. The fraction of sp³-hybridized carbons (Fsp3) is 0.917. The van der Waals surface area contributed by atoms with Crippen molar-refractivity contribution < 1.29 is 4.79 Å². The predicted octanol–water partition coefficient (Wildman–Crippen LogP) is 1.24. The second kappa shape index (κ2) is 4.97. The first-order valence-corrected chi connectivity index (χ1v) is 6.24. The maximum absolute atomic E-state index is 12.0. The summed E-state index contributed by atoms with van der Waals surface area (Å²) in [6.07, 6.45) is 4.33. The quantitative estimate of drug-likeness (QED) is 0.744. The first-order valence-electron chi connectivity index (χ1n) is 6.24. The topological polar surface area (TPSA) is 32.3 Å². The third-order valence-corrected chi connectivity index (χ3v) is 3.70. The van der Waals surface area contributed by atoms with Crippen LogP contribution in [0.5, 0.6) is 0 Å². The third kappa shape index (κ3) is 2.94. The predicted molar refractivity (Wildman–Crippen MR) is 60.6 cm³/mol. The van der Waals surface area contributed by atoms with Gasteiger partial charge in [0, 0.05) is 19.5 Å². The summed E-state index contributed by atoms with van der Waals surface area (Å²) in [5, 5.41) is 3.34. The Balaban J connectivity index is 1.76. The average molecular weight is 210 g/mol.